The van der Waals surface area contributed by atoms with E-state index in [0.29, 0.717) is 28.5 Å². The van der Waals surface area contributed by atoms with Gasteiger partial charge in [-0.05, 0) is 37.3 Å². The Kier molecular flexibility index (Phi) is 5.83. The third kappa shape index (κ3) is 4.27. The summed E-state index contributed by atoms with van der Waals surface area (Å²) in [6, 6.07) is 13.1. The zero-order chi connectivity index (χ0) is 17.6. The number of aromatic nitrogens is 2. The molecule has 0 aliphatic carbocycles. The van der Waals surface area contributed by atoms with Crippen molar-refractivity contribution in [3.63, 3.8) is 0 Å². The van der Waals surface area contributed by atoms with Crippen molar-refractivity contribution in [3.8, 4) is 23.0 Å². The lowest BCUT2D eigenvalue weighted by Gasteiger charge is -2.07. The fourth-order valence-electron chi connectivity index (χ4n) is 2.30. The van der Waals surface area contributed by atoms with E-state index in [2.05, 4.69) is 10.2 Å². The molecule has 0 aliphatic heterocycles. The second-order valence-electron chi connectivity index (χ2n) is 5.05. The van der Waals surface area contributed by atoms with Crippen molar-refractivity contribution in [2.75, 3.05) is 13.7 Å². The maximum atomic E-state index is 6.06. The van der Waals surface area contributed by atoms with E-state index in [1.54, 1.807) is 13.2 Å². The summed E-state index contributed by atoms with van der Waals surface area (Å²) in [6.07, 6.45) is 0. The van der Waals surface area contributed by atoms with Gasteiger partial charge in [-0.25, -0.2) is 0 Å². The van der Waals surface area contributed by atoms with Crippen molar-refractivity contribution in [2.45, 2.75) is 17.9 Å². The Balaban J connectivity index is 1.76. The minimum atomic E-state index is 0.435. The molecular formula is C18H17ClN2O3S. The molecule has 7 heteroatoms. The van der Waals surface area contributed by atoms with E-state index in [0.717, 1.165) is 22.6 Å². The molecule has 0 radical (unpaired) electrons. The van der Waals surface area contributed by atoms with Crippen LogP contribution in [0.15, 0.2) is 52.1 Å². The average molecular weight is 377 g/mol. The third-order valence-electron chi connectivity index (χ3n) is 3.42. The quantitative estimate of drug-likeness (QED) is 0.535. The van der Waals surface area contributed by atoms with E-state index < -0.39 is 0 Å². The molecule has 5 nitrogen and oxygen atoms in total. The van der Waals surface area contributed by atoms with Crippen LogP contribution in [-0.4, -0.2) is 23.9 Å². The second kappa shape index (κ2) is 8.27. The van der Waals surface area contributed by atoms with Gasteiger partial charge in [-0.3, -0.25) is 0 Å². The number of hydrogen-bond acceptors (Lipinski definition) is 6. The van der Waals surface area contributed by atoms with Crippen LogP contribution >= 0.6 is 23.4 Å². The molecule has 3 rings (SSSR count). The maximum Gasteiger partial charge on any atom is 0.277 e. The van der Waals surface area contributed by atoms with E-state index >= 15 is 0 Å². The molecule has 130 valence electrons. The summed E-state index contributed by atoms with van der Waals surface area (Å²) in [4.78, 5) is 0. The summed E-state index contributed by atoms with van der Waals surface area (Å²) in [5.41, 5.74) is 1.75. The van der Waals surface area contributed by atoms with Crippen LogP contribution in [0, 0.1) is 0 Å². The minimum Gasteiger partial charge on any atom is -0.496 e. The predicted molar refractivity (Wildman–Crippen MR) is 98.5 cm³/mol. The molecule has 3 aromatic rings. The molecule has 0 aliphatic rings. The number of halogens is 1. The van der Waals surface area contributed by atoms with Gasteiger partial charge in [-0.15, -0.1) is 10.2 Å². The van der Waals surface area contributed by atoms with Gasteiger partial charge in [0.15, 0.2) is 0 Å². The molecule has 2 aromatic carbocycles. The smallest absolute Gasteiger partial charge is 0.277 e. The van der Waals surface area contributed by atoms with Crippen LogP contribution < -0.4 is 9.47 Å². The van der Waals surface area contributed by atoms with E-state index in [-0.39, 0.29) is 0 Å². The van der Waals surface area contributed by atoms with Crippen molar-refractivity contribution in [2.24, 2.45) is 0 Å². The summed E-state index contributed by atoms with van der Waals surface area (Å²) in [5, 5.41) is 9.37. The summed E-state index contributed by atoms with van der Waals surface area (Å²) in [7, 11) is 1.63. The number of nitrogens with zero attached hydrogens (tertiary/aromatic N) is 2. The lowest BCUT2D eigenvalue weighted by atomic mass is 10.2. The fourth-order valence-corrected chi connectivity index (χ4v) is 3.24. The zero-order valence-electron chi connectivity index (χ0n) is 13.9. The van der Waals surface area contributed by atoms with E-state index in [1.165, 1.54) is 11.8 Å². The third-order valence-corrected chi connectivity index (χ3v) is 4.52. The van der Waals surface area contributed by atoms with Gasteiger partial charge in [-0.1, -0.05) is 35.5 Å². The summed E-state index contributed by atoms with van der Waals surface area (Å²) >= 11 is 7.48. The fraction of sp³-hybridized carbons (Fsp3) is 0.222. The van der Waals surface area contributed by atoms with Crippen molar-refractivity contribution in [1.29, 1.82) is 0 Å². The Bertz CT molecular complexity index is 854. The highest BCUT2D eigenvalue weighted by molar-refractivity contribution is 7.98. The van der Waals surface area contributed by atoms with Gasteiger partial charge in [-0.2, -0.15) is 0 Å². The lowest BCUT2D eigenvalue weighted by Crippen LogP contribution is -1.93. The van der Waals surface area contributed by atoms with Gasteiger partial charge in [0.05, 0.1) is 19.3 Å². The maximum absolute atomic E-state index is 6.06. The number of thioether (sulfide) groups is 1. The first-order valence-electron chi connectivity index (χ1n) is 7.72. The highest BCUT2D eigenvalue weighted by atomic mass is 35.5. The van der Waals surface area contributed by atoms with Crippen molar-refractivity contribution in [3.05, 3.63) is 53.1 Å². The first-order valence-corrected chi connectivity index (χ1v) is 9.08. The van der Waals surface area contributed by atoms with Crippen LogP contribution in [-0.2, 0) is 5.75 Å². The van der Waals surface area contributed by atoms with Crippen LogP contribution in [0.4, 0.5) is 0 Å². The molecule has 0 spiro atoms. The molecule has 0 fully saturated rings. The topological polar surface area (TPSA) is 57.4 Å². The summed E-state index contributed by atoms with van der Waals surface area (Å²) in [5.74, 6) is 2.54. The Labute approximate surface area is 155 Å². The Morgan fingerprint density at radius 3 is 2.76 bits per heavy atom. The average Bonchev–Trinajstić information content (AvgIpc) is 3.10. The van der Waals surface area contributed by atoms with Crippen molar-refractivity contribution in [1.82, 2.24) is 10.2 Å². The molecule has 1 heterocycles. The molecule has 0 saturated carbocycles. The molecule has 0 unspecified atom stereocenters. The molecule has 25 heavy (non-hydrogen) atoms. The minimum absolute atomic E-state index is 0.435. The van der Waals surface area contributed by atoms with Crippen molar-refractivity contribution < 1.29 is 13.9 Å². The van der Waals surface area contributed by atoms with E-state index in [9.17, 15) is 0 Å². The number of benzene rings is 2. The standard InChI is InChI=1S/C18H17ClN2O3S/c1-3-23-16-7-5-4-6-14(16)17-20-21-18(24-17)25-11-12-10-13(19)8-9-15(12)22-2/h4-10H,3,11H2,1-2H3. The number of methoxy groups -OCH3 is 1. The molecule has 0 N–H and O–H groups in total. The van der Waals surface area contributed by atoms with Gasteiger partial charge in [0, 0.05) is 16.3 Å². The van der Waals surface area contributed by atoms with Gasteiger partial charge >= 0.3 is 0 Å². The largest absolute Gasteiger partial charge is 0.496 e. The lowest BCUT2D eigenvalue weighted by molar-refractivity contribution is 0.340. The molecule has 1 aromatic heterocycles. The van der Waals surface area contributed by atoms with Gasteiger partial charge in [0.25, 0.3) is 11.1 Å². The van der Waals surface area contributed by atoms with Crippen LogP contribution in [0.25, 0.3) is 11.5 Å². The van der Waals surface area contributed by atoms with Crippen LogP contribution in [0.3, 0.4) is 0 Å². The zero-order valence-corrected chi connectivity index (χ0v) is 15.4. The molecular weight excluding hydrogens is 360 g/mol. The first-order chi connectivity index (χ1) is 12.2. The van der Waals surface area contributed by atoms with Crippen LogP contribution in [0.5, 0.6) is 11.5 Å². The van der Waals surface area contributed by atoms with Gasteiger partial charge < -0.3 is 13.9 Å². The molecule has 0 saturated heterocycles. The Morgan fingerprint density at radius 1 is 1.12 bits per heavy atom. The van der Waals surface area contributed by atoms with Crippen molar-refractivity contribution >= 4 is 23.4 Å². The monoisotopic (exact) mass is 376 g/mol. The molecule has 0 amide bonds. The Morgan fingerprint density at radius 2 is 1.96 bits per heavy atom. The van der Waals surface area contributed by atoms with Gasteiger partial charge in [0.2, 0.25) is 0 Å². The first kappa shape index (κ1) is 17.6. The van der Waals surface area contributed by atoms with Crippen LogP contribution in [0.2, 0.25) is 5.02 Å². The van der Waals surface area contributed by atoms with Crippen LogP contribution in [0.1, 0.15) is 12.5 Å². The van der Waals surface area contributed by atoms with E-state index in [4.69, 9.17) is 25.5 Å². The van der Waals surface area contributed by atoms with E-state index in [1.807, 2.05) is 43.3 Å². The summed E-state index contributed by atoms with van der Waals surface area (Å²) < 4.78 is 16.7. The highest BCUT2D eigenvalue weighted by Gasteiger charge is 2.14. The second-order valence-corrected chi connectivity index (χ2v) is 6.41. The normalized spacial score (nSPS) is 10.7. The molecule has 0 bridgehead atoms. The predicted octanol–water partition coefficient (Wildman–Crippen LogP) is 5.09. The number of hydrogen-bond donors (Lipinski definition) is 0. The van der Waals surface area contributed by atoms with Gasteiger partial charge in [0.1, 0.15) is 11.5 Å². The number of para-hydroxylation sites is 1. The summed E-state index contributed by atoms with van der Waals surface area (Å²) in [6.45, 7) is 2.51. The SMILES string of the molecule is CCOc1ccccc1-c1nnc(SCc2cc(Cl)ccc2OC)o1. The number of rotatable bonds is 7. The Hall–Kier alpha value is -2.18. The highest BCUT2D eigenvalue weighted by Crippen LogP contribution is 2.33. The molecule has 0 atom stereocenters. The number of ether oxygens (including phenoxy) is 2.